The molecule has 0 amide bonds. The van der Waals surface area contributed by atoms with E-state index in [1.165, 1.54) is 30.4 Å². The van der Waals surface area contributed by atoms with Crippen molar-refractivity contribution >= 4 is 10.9 Å². The molecule has 194 valence electrons. The van der Waals surface area contributed by atoms with Gasteiger partial charge in [0.25, 0.3) is 5.56 Å². The molecule has 1 aliphatic carbocycles. The lowest BCUT2D eigenvalue weighted by Crippen LogP contribution is -2.36. The van der Waals surface area contributed by atoms with Gasteiger partial charge in [0.05, 0.1) is 12.1 Å². The van der Waals surface area contributed by atoms with Crippen molar-refractivity contribution in [1.29, 1.82) is 0 Å². The van der Waals surface area contributed by atoms with E-state index in [4.69, 9.17) is 0 Å². The van der Waals surface area contributed by atoms with Crippen LogP contribution in [-0.4, -0.2) is 30.1 Å². The minimum absolute atomic E-state index is 0.0358. The van der Waals surface area contributed by atoms with Gasteiger partial charge in [-0.05, 0) is 71.7 Å². The third kappa shape index (κ3) is 5.67. The molecule has 0 aliphatic heterocycles. The summed E-state index contributed by atoms with van der Waals surface area (Å²) in [4.78, 5) is 18.7. The Bertz CT molecular complexity index is 1400. The Morgan fingerprint density at radius 1 is 0.973 bits per heavy atom. The number of tetrazole rings is 1. The van der Waals surface area contributed by atoms with Crippen LogP contribution in [0.15, 0.2) is 53.3 Å². The second-order valence-corrected chi connectivity index (χ2v) is 11.1. The maximum atomic E-state index is 13.2. The van der Waals surface area contributed by atoms with E-state index >= 15 is 0 Å². The van der Waals surface area contributed by atoms with Crippen LogP contribution in [0, 0.1) is 19.8 Å². The number of rotatable bonds is 8. The summed E-state index contributed by atoms with van der Waals surface area (Å²) in [6.45, 7) is 9.80. The Morgan fingerprint density at radius 2 is 1.70 bits per heavy atom. The van der Waals surface area contributed by atoms with Gasteiger partial charge >= 0.3 is 0 Å². The van der Waals surface area contributed by atoms with Gasteiger partial charge in [0, 0.05) is 24.2 Å². The Balaban J connectivity index is 1.55. The number of aromatic amines is 1. The standard InChI is InChI=1S/C30H38N6O/c1-20(2)28(29-32-33-34-36(29)26-8-6-5-7-9-26)35(18-23-13-10-21(3)11-14-23)19-25-17-24-15-12-22(4)16-27(24)31-30(25)37/h10-17,20,26,28H,5-9,18-19H2,1-4H3,(H,31,37)/t28-/m0/s1. The van der Waals surface area contributed by atoms with Crippen LogP contribution in [0.25, 0.3) is 10.9 Å². The zero-order chi connectivity index (χ0) is 25.9. The highest BCUT2D eigenvalue weighted by Gasteiger charge is 2.32. The van der Waals surface area contributed by atoms with Gasteiger partial charge in [-0.3, -0.25) is 9.69 Å². The summed E-state index contributed by atoms with van der Waals surface area (Å²) in [5, 5.41) is 14.3. The fourth-order valence-electron chi connectivity index (χ4n) is 5.74. The van der Waals surface area contributed by atoms with Crippen molar-refractivity contribution in [2.24, 2.45) is 5.92 Å². The van der Waals surface area contributed by atoms with E-state index in [-0.39, 0.29) is 17.5 Å². The van der Waals surface area contributed by atoms with Gasteiger partial charge in [0.1, 0.15) is 0 Å². The van der Waals surface area contributed by atoms with Crippen LogP contribution in [0.2, 0.25) is 0 Å². The van der Waals surface area contributed by atoms with Crippen LogP contribution >= 0.6 is 0 Å². The molecule has 7 heteroatoms. The van der Waals surface area contributed by atoms with E-state index in [0.29, 0.717) is 19.1 Å². The summed E-state index contributed by atoms with van der Waals surface area (Å²) >= 11 is 0. The van der Waals surface area contributed by atoms with Crippen molar-refractivity contribution in [2.75, 3.05) is 0 Å². The van der Waals surface area contributed by atoms with Gasteiger partial charge in [0.2, 0.25) is 0 Å². The van der Waals surface area contributed by atoms with Gasteiger partial charge in [-0.2, -0.15) is 0 Å². The molecular weight excluding hydrogens is 460 g/mol. The highest BCUT2D eigenvalue weighted by Crippen LogP contribution is 2.34. The van der Waals surface area contributed by atoms with Crippen LogP contribution in [0.1, 0.15) is 86.1 Å². The lowest BCUT2D eigenvalue weighted by molar-refractivity contribution is 0.121. The van der Waals surface area contributed by atoms with Crippen molar-refractivity contribution in [3.8, 4) is 0 Å². The lowest BCUT2D eigenvalue weighted by Gasteiger charge is -2.35. The Kier molecular flexibility index (Phi) is 7.51. The third-order valence-corrected chi connectivity index (χ3v) is 7.69. The molecule has 0 unspecified atom stereocenters. The first-order valence-electron chi connectivity index (χ1n) is 13.6. The molecule has 1 aliphatic rings. The molecule has 7 nitrogen and oxygen atoms in total. The molecule has 5 rings (SSSR count). The topological polar surface area (TPSA) is 79.7 Å². The fraction of sp³-hybridized carbons (Fsp3) is 0.467. The Hall–Kier alpha value is -3.32. The maximum Gasteiger partial charge on any atom is 0.252 e. The number of nitrogens with zero attached hydrogens (tertiary/aromatic N) is 5. The fourth-order valence-corrected chi connectivity index (χ4v) is 5.74. The van der Waals surface area contributed by atoms with Gasteiger partial charge in [0.15, 0.2) is 5.82 Å². The summed E-state index contributed by atoms with van der Waals surface area (Å²) in [6.07, 6.45) is 5.95. The predicted molar refractivity (Wildman–Crippen MR) is 147 cm³/mol. The quantitative estimate of drug-likeness (QED) is 0.321. The third-order valence-electron chi connectivity index (χ3n) is 7.69. The lowest BCUT2D eigenvalue weighted by atomic mass is 9.94. The molecule has 2 heterocycles. The number of pyridine rings is 1. The van der Waals surface area contributed by atoms with E-state index in [9.17, 15) is 4.79 Å². The minimum atomic E-state index is -0.0404. The van der Waals surface area contributed by atoms with Crippen molar-refractivity contribution in [1.82, 2.24) is 30.1 Å². The Labute approximate surface area is 218 Å². The number of hydrogen-bond acceptors (Lipinski definition) is 5. The molecule has 2 aromatic heterocycles. The predicted octanol–water partition coefficient (Wildman–Crippen LogP) is 6.04. The van der Waals surface area contributed by atoms with E-state index in [1.54, 1.807) is 0 Å². The average Bonchev–Trinajstić information content (AvgIpc) is 3.35. The maximum absolute atomic E-state index is 13.2. The molecule has 0 bridgehead atoms. The number of fused-ring (bicyclic) bond motifs is 1. The molecule has 2 aromatic carbocycles. The first-order chi connectivity index (χ1) is 17.9. The van der Waals surface area contributed by atoms with Crippen molar-refractivity contribution in [2.45, 2.75) is 85.0 Å². The zero-order valence-electron chi connectivity index (χ0n) is 22.4. The van der Waals surface area contributed by atoms with Gasteiger partial charge in [-0.1, -0.05) is 75.1 Å². The summed E-state index contributed by atoms with van der Waals surface area (Å²) in [7, 11) is 0. The number of aromatic nitrogens is 5. The molecular formula is C30H38N6O. The second-order valence-electron chi connectivity index (χ2n) is 11.1. The molecule has 37 heavy (non-hydrogen) atoms. The molecule has 4 aromatic rings. The van der Waals surface area contributed by atoms with E-state index in [2.05, 4.69) is 87.3 Å². The minimum Gasteiger partial charge on any atom is -0.322 e. The summed E-state index contributed by atoms with van der Waals surface area (Å²) in [5.74, 6) is 1.16. The number of aryl methyl sites for hydroxylation is 2. The highest BCUT2D eigenvalue weighted by molar-refractivity contribution is 5.79. The van der Waals surface area contributed by atoms with E-state index in [1.807, 2.05) is 19.1 Å². The van der Waals surface area contributed by atoms with E-state index < -0.39 is 0 Å². The van der Waals surface area contributed by atoms with Crippen LogP contribution in [0.4, 0.5) is 0 Å². The molecule has 1 saturated carbocycles. The monoisotopic (exact) mass is 498 g/mol. The van der Waals surface area contributed by atoms with Crippen LogP contribution in [0.5, 0.6) is 0 Å². The normalized spacial score (nSPS) is 15.6. The van der Waals surface area contributed by atoms with Crippen molar-refractivity contribution in [3.05, 3.63) is 87.0 Å². The number of H-pyrrole nitrogens is 1. The summed E-state index contributed by atoms with van der Waals surface area (Å²) in [6, 6.07) is 17.2. The molecule has 1 atom stereocenters. The van der Waals surface area contributed by atoms with Gasteiger partial charge < -0.3 is 4.98 Å². The van der Waals surface area contributed by atoms with E-state index in [0.717, 1.165) is 40.7 Å². The Morgan fingerprint density at radius 3 is 2.43 bits per heavy atom. The van der Waals surface area contributed by atoms with Crippen molar-refractivity contribution in [3.63, 3.8) is 0 Å². The molecule has 0 spiro atoms. The molecule has 1 fully saturated rings. The van der Waals surface area contributed by atoms with Gasteiger partial charge in [-0.15, -0.1) is 5.10 Å². The summed E-state index contributed by atoms with van der Waals surface area (Å²) < 4.78 is 2.08. The van der Waals surface area contributed by atoms with Crippen LogP contribution in [-0.2, 0) is 13.1 Å². The summed E-state index contributed by atoms with van der Waals surface area (Å²) in [5.41, 5.74) is 5.16. The van der Waals surface area contributed by atoms with Crippen LogP contribution < -0.4 is 5.56 Å². The smallest absolute Gasteiger partial charge is 0.252 e. The highest BCUT2D eigenvalue weighted by atomic mass is 16.1. The number of nitrogens with one attached hydrogen (secondary N) is 1. The second kappa shape index (κ2) is 11.0. The van der Waals surface area contributed by atoms with Crippen molar-refractivity contribution < 1.29 is 0 Å². The van der Waals surface area contributed by atoms with Gasteiger partial charge in [-0.25, -0.2) is 4.68 Å². The molecule has 1 N–H and O–H groups in total. The first-order valence-corrected chi connectivity index (χ1v) is 13.6. The molecule has 0 saturated heterocycles. The first kappa shape index (κ1) is 25.3. The largest absolute Gasteiger partial charge is 0.322 e. The number of hydrogen-bond donors (Lipinski definition) is 1. The van der Waals surface area contributed by atoms with Crippen LogP contribution in [0.3, 0.4) is 0 Å². The molecule has 0 radical (unpaired) electrons. The number of benzene rings is 2. The average molecular weight is 499 g/mol. The zero-order valence-corrected chi connectivity index (χ0v) is 22.4. The SMILES string of the molecule is Cc1ccc(CN(Cc2cc3ccc(C)cc3[nH]c2=O)[C@H](c2nnnn2C2CCCCC2)C(C)C)cc1.